The van der Waals surface area contributed by atoms with Gasteiger partial charge in [0.25, 0.3) is 0 Å². The van der Waals surface area contributed by atoms with Gasteiger partial charge in [-0.05, 0) is 24.8 Å². The summed E-state index contributed by atoms with van der Waals surface area (Å²) in [5, 5.41) is 6.04. The van der Waals surface area contributed by atoms with Gasteiger partial charge >= 0.3 is 0 Å². The Morgan fingerprint density at radius 1 is 1.20 bits per heavy atom. The minimum absolute atomic E-state index is 0.0428. The van der Waals surface area contributed by atoms with Crippen LogP contribution in [-0.4, -0.2) is 56.3 Å². The van der Waals surface area contributed by atoms with Crippen LogP contribution >= 0.6 is 0 Å². The van der Waals surface area contributed by atoms with Crippen molar-refractivity contribution in [1.82, 2.24) is 15.5 Å². The van der Waals surface area contributed by atoms with Crippen LogP contribution in [0.1, 0.15) is 0 Å². The molecule has 2 atom stereocenters. The molecule has 2 unspecified atom stereocenters. The topological polar surface area (TPSA) is 56.7 Å². The van der Waals surface area contributed by atoms with Gasteiger partial charge in [0.05, 0.1) is 11.7 Å². The molecule has 4 rings (SSSR count). The fraction of sp³-hybridized carbons (Fsp3) is 0.300. The smallest absolute Gasteiger partial charge is 0.249 e. The lowest BCUT2D eigenvalue weighted by atomic mass is 9.85. The molecule has 0 saturated carbocycles. The second-order valence-electron chi connectivity index (χ2n) is 6.49. The van der Waals surface area contributed by atoms with Gasteiger partial charge < -0.3 is 15.5 Å². The molecule has 5 nitrogen and oxygen atoms in total. The maximum Gasteiger partial charge on any atom is 0.249 e. The standard InChI is InChI=1S/C20H22N4O/c1-21-10-11-23-20(25)16-12-15-13-6-3-4-8-17(13)24(2)19(15)14-7-5-9-22-18(14)16/h3-9,12,17-18,21H,10-11H2,1-2H3,(H,23,25). The lowest BCUT2D eigenvalue weighted by Crippen LogP contribution is -2.37. The third-order valence-electron chi connectivity index (χ3n) is 5.02. The number of aliphatic imine (C=N–C) groups is 1. The second kappa shape index (κ2) is 6.33. The number of hydrogen-bond donors (Lipinski definition) is 2. The molecule has 2 N–H and O–H groups in total. The van der Waals surface area contributed by atoms with Gasteiger partial charge in [-0.25, -0.2) is 0 Å². The molecule has 1 amide bonds. The molecule has 0 radical (unpaired) electrons. The Balaban J connectivity index is 1.78. The average molecular weight is 334 g/mol. The van der Waals surface area contributed by atoms with E-state index in [2.05, 4.69) is 58.0 Å². The zero-order valence-corrected chi connectivity index (χ0v) is 14.5. The summed E-state index contributed by atoms with van der Waals surface area (Å²) in [5.41, 5.74) is 5.38. The fourth-order valence-electron chi connectivity index (χ4n) is 3.83. The Labute approximate surface area is 147 Å². The lowest BCUT2D eigenvalue weighted by Gasteiger charge is -2.30. The highest BCUT2D eigenvalue weighted by Crippen LogP contribution is 2.44. The lowest BCUT2D eigenvalue weighted by molar-refractivity contribution is -0.117. The van der Waals surface area contributed by atoms with Crippen molar-refractivity contribution in [3.05, 3.63) is 70.5 Å². The Kier molecular flexibility index (Phi) is 4.01. The molecule has 25 heavy (non-hydrogen) atoms. The van der Waals surface area contributed by atoms with Gasteiger partial charge in [-0.15, -0.1) is 0 Å². The Hall–Kier alpha value is -2.66. The summed E-state index contributed by atoms with van der Waals surface area (Å²) in [6.07, 6.45) is 16.3. The minimum Gasteiger partial charge on any atom is -0.363 e. The van der Waals surface area contributed by atoms with E-state index in [0.717, 1.165) is 23.3 Å². The van der Waals surface area contributed by atoms with E-state index in [1.54, 1.807) is 6.21 Å². The molecular formula is C20H22N4O. The van der Waals surface area contributed by atoms with Gasteiger partial charge in [0.1, 0.15) is 6.04 Å². The highest BCUT2D eigenvalue weighted by Gasteiger charge is 2.39. The number of likely N-dealkylation sites (N-methyl/N-ethyl adjacent to an activating group) is 2. The summed E-state index contributed by atoms with van der Waals surface area (Å²) in [6.45, 7) is 1.34. The van der Waals surface area contributed by atoms with Crippen LogP contribution in [0.25, 0.3) is 0 Å². The highest BCUT2D eigenvalue weighted by atomic mass is 16.1. The number of allylic oxidation sites excluding steroid dienone is 4. The number of rotatable bonds is 4. The first-order chi connectivity index (χ1) is 12.2. The zero-order chi connectivity index (χ0) is 17.4. The number of nitrogens with one attached hydrogen (secondary N) is 2. The maximum absolute atomic E-state index is 12.8. The number of fused-ring (bicyclic) bond motifs is 3. The monoisotopic (exact) mass is 334 g/mol. The first kappa shape index (κ1) is 15.8. The summed E-state index contributed by atoms with van der Waals surface area (Å²) in [6, 6.07) is -0.0000864. The van der Waals surface area contributed by atoms with Crippen LogP contribution in [0, 0.1) is 0 Å². The molecule has 128 valence electrons. The largest absolute Gasteiger partial charge is 0.363 e. The fourth-order valence-corrected chi connectivity index (χ4v) is 3.83. The van der Waals surface area contributed by atoms with Crippen molar-refractivity contribution in [3.63, 3.8) is 0 Å². The van der Waals surface area contributed by atoms with Gasteiger partial charge in [-0.3, -0.25) is 9.79 Å². The number of amides is 1. The van der Waals surface area contributed by atoms with Gasteiger partial charge in [0, 0.05) is 43.1 Å². The van der Waals surface area contributed by atoms with E-state index in [1.165, 1.54) is 11.3 Å². The van der Waals surface area contributed by atoms with E-state index in [1.807, 2.05) is 19.2 Å². The van der Waals surface area contributed by atoms with E-state index in [4.69, 9.17) is 0 Å². The summed E-state index contributed by atoms with van der Waals surface area (Å²) >= 11 is 0. The van der Waals surface area contributed by atoms with Crippen LogP contribution < -0.4 is 10.6 Å². The van der Waals surface area contributed by atoms with Crippen molar-refractivity contribution < 1.29 is 4.79 Å². The van der Waals surface area contributed by atoms with E-state index in [-0.39, 0.29) is 18.0 Å². The van der Waals surface area contributed by atoms with Crippen molar-refractivity contribution in [2.45, 2.75) is 12.1 Å². The molecule has 0 aromatic heterocycles. The third-order valence-corrected chi connectivity index (χ3v) is 5.02. The molecule has 0 spiro atoms. The van der Waals surface area contributed by atoms with E-state index in [9.17, 15) is 4.79 Å². The highest BCUT2D eigenvalue weighted by molar-refractivity contribution is 5.98. The first-order valence-electron chi connectivity index (χ1n) is 8.63. The van der Waals surface area contributed by atoms with Crippen molar-refractivity contribution in [3.8, 4) is 0 Å². The van der Waals surface area contributed by atoms with E-state index >= 15 is 0 Å². The Bertz CT molecular complexity index is 823. The number of carbonyl (C=O) groups excluding carboxylic acids is 1. The molecule has 2 aliphatic carbocycles. The van der Waals surface area contributed by atoms with Crippen LogP contribution in [0.4, 0.5) is 0 Å². The van der Waals surface area contributed by atoms with Crippen LogP contribution in [0.2, 0.25) is 0 Å². The Morgan fingerprint density at radius 2 is 2.04 bits per heavy atom. The van der Waals surface area contributed by atoms with Crippen molar-refractivity contribution in [2.75, 3.05) is 27.2 Å². The average Bonchev–Trinajstić information content (AvgIpc) is 2.94. The van der Waals surface area contributed by atoms with Crippen LogP contribution in [0.5, 0.6) is 0 Å². The van der Waals surface area contributed by atoms with Crippen LogP contribution in [-0.2, 0) is 4.79 Å². The summed E-state index contributed by atoms with van der Waals surface area (Å²) < 4.78 is 0. The summed E-state index contributed by atoms with van der Waals surface area (Å²) in [5.74, 6) is -0.0428. The molecule has 0 fully saturated rings. The molecule has 0 bridgehead atoms. The quantitative estimate of drug-likeness (QED) is 0.761. The molecule has 0 aromatic carbocycles. The first-order valence-corrected chi connectivity index (χ1v) is 8.63. The Morgan fingerprint density at radius 3 is 2.88 bits per heavy atom. The summed E-state index contributed by atoms with van der Waals surface area (Å²) in [4.78, 5) is 19.6. The predicted octanol–water partition coefficient (Wildman–Crippen LogP) is 1.26. The number of carbonyl (C=O) groups is 1. The maximum atomic E-state index is 12.8. The predicted molar refractivity (Wildman–Crippen MR) is 100 cm³/mol. The van der Waals surface area contributed by atoms with Crippen molar-refractivity contribution in [1.29, 1.82) is 0 Å². The van der Waals surface area contributed by atoms with Crippen molar-refractivity contribution >= 4 is 12.1 Å². The van der Waals surface area contributed by atoms with Crippen molar-refractivity contribution in [2.24, 2.45) is 4.99 Å². The molecule has 0 aromatic rings. The SMILES string of the molecule is CNCCNC(=O)C1=CC2=C3C=CC=CC3N(C)C2=C2C=CC=NC12. The van der Waals surface area contributed by atoms with E-state index in [0.29, 0.717) is 6.54 Å². The zero-order valence-electron chi connectivity index (χ0n) is 14.5. The third kappa shape index (κ3) is 2.51. The molecule has 5 heteroatoms. The number of nitrogens with zero attached hydrogens (tertiary/aromatic N) is 2. The van der Waals surface area contributed by atoms with Gasteiger partial charge in [0.2, 0.25) is 5.91 Å². The van der Waals surface area contributed by atoms with Gasteiger partial charge in [-0.1, -0.05) is 30.4 Å². The minimum atomic E-state index is -0.227. The molecular weight excluding hydrogens is 312 g/mol. The van der Waals surface area contributed by atoms with Crippen LogP contribution in [0.15, 0.2) is 75.5 Å². The van der Waals surface area contributed by atoms with Gasteiger partial charge in [-0.2, -0.15) is 0 Å². The molecule has 2 heterocycles. The number of hydrogen-bond acceptors (Lipinski definition) is 4. The van der Waals surface area contributed by atoms with E-state index < -0.39 is 0 Å². The van der Waals surface area contributed by atoms with Crippen LogP contribution in [0.3, 0.4) is 0 Å². The second-order valence-corrected chi connectivity index (χ2v) is 6.49. The summed E-state index contributed by atoms with van der Waals surface area (Å²) in [7, 11) is 3.98. The normalized spacial score (nSPS) is 25.8. The molecule has 4 aliphatic rings. The molecule has 0 saturated heterocycles. The number of dihydropyridines is 1. The van der Waals surface area contributed by atoms with Gasteiger partial charge in [0.15, 0.2) is 0 Å². The molecule has 2 aliphatic heterocycles.